The summed E-state index contributed by atoms with van der Waals surface area (Å²) in [4.78, 5) is 79.1. The van der Waals surface area contributed by atoms with Gasteiger partial charge in [-0.05, 0) is 83.1 Å². The smallest absolute Gasteiger partial charge is 0.322 e. The number of nitrogens with zero attached hydrogens (tertiary/aromatic N) is 3. The van der Waals surface area contributed by atoms with Gasteiger partial charge >= 0.3 is 29.8 Å². The Morgan fingerprint density at radius 1 is 0.468 bits per heavy atom. The molecule has 0 heterocycles. The molecule has 47 heavy (non-hydrogen) atoms. The van der Waals surface area contributed by atoms with Gasteiger partial charge in [0.25, 0.3) is 0 Å². The standard InChI is InChI=1S/C32H58N4O11/c1-29(2,3)44-25(40)19-35(20-26(41)45-30(4,5)6)15-13-34(18-23(37)33-17-24(38)39)14-16-36(21-27(42)46-31(7,8)9)22-28(43)47-32(10,11)12/h13-22H2,1-12H3,(H,33,37)(H,38,39). The summed E-state index contributed by atoms with van der Waals surface area (Å²) in [5.41, 5.74) is -3.02. The number of nitrogens with one attached hydrogen (secondary N) is 1. The van der Waals surface area contributed by atoms with Gasteiger partial charge in [-0.3, -0.25) is 43.5 Å². The topological polar surface area (TPSA) is 181 Å². The molecule has 15 heteroatoms. The summed E-state index contributed by atoms with van der Waals surface area (Å²) in [6.07, 6.45) is 0. The van der Waals surface area contributed by atoms with Crippen LogP contribution in [-0.4, -0.2) is 143 Å². The van der Waals surface area contributed by atoms with Crippen LogP contribution in [0.1, 0.15) is 83.1 Å². The molecule has 0 spiro atoms. The molecule has 0 aliphatic carbocycles. The first-order chi connectivity index (χ1) is 21.1. The number of esters is 4. The minimum Gasteiger partial charge on any atom is -0.480 e. The van der Waals surface area contributed by atoms with Crippen LogP contribution in [0.2, 0.25) is 0 Å². The second-order valence-electron chi connectivity index (χ2n) is 15.2. The van der Waals surface area contributed by atoms with Gasteiger partial charge in [-0.2, -0.15) is 0 Å². The Kier molecular flexibility index (Phi) is 17.6. The zero-order chi connectivity index (χ0) is 36.8. The maximum atomic E-state index is 12.7. The van der Waals surface area contributed by atoms with Gasteiger partial charge < -0.3 is 29.4 Å². The number of hydrogen-bond acceptors (Lipinski definition) is 13. The number of hydrogen-bond donors (Lipinski definition) is 2. The second-order valence-corrected chi connectivity index (χ2v) is 15.2. The van der Waals surface area contributed by atoms with Gasteiger partial charge in [0.1, 0.15) is 28.9 Å². The minimum absolute atomic E-state index is 0.114. The highest BCUT2D eigenvalue weighted by Crippen LogP contribution is 2.12. The van der Waals surface area contributed by atoms with Crippen molar-refractivity contribution in [3.8, 4) is 0 Å². The van der Waals surface area contributed by atoms with Crippen molar-refractivity contribution >= 4 is 35.8 Å². The Morgan fingerprint density at radius 2 is 0.723 bits per heavy atom. The lowest BCUT2D eigenvalue weighted by Gasteiger charge is -2.30. The van der Waals surface area contributed by atoms with Crippen LogP contribution in [0.5, 0.6) is 0 Å². The van der Waals surface area contributed by atoms with Gasteiger partial charge in [-0.15, -0.1) is 0 Å². The molecule has 2 N–H and O–H groups in total. The summed E-state index contributed by atoms with van der Waals surface area (Å²) in [5.74, 6) is -4.04. The van der Waals surface area contributed by atoms with E-state index in [9.17, 15) is 28.8 Å². The van der Waals surface area contributed by atoms with Gasteiger partial charge in [0.15, 0.2) is 0 Å². The maximum Gasteiger partial charge on any atom is 0.322 e. The summed E-state index contributed by atoms with van der Waals surface area (Å²) in [6.45, 7) is 19.4. The van der Waals surface area contributed by atoms with E-state index in [-0.39, 0.29) is 58.9 Å². The van der Waals surface area contributed by atoms with Crippen molar-refractivity contribution in [1.29, 1.82) is 0 Å². The second kappa shape index (κ2) is 18.9. The largest absolute Gasteiger partial charge is 0.480 e. The lowest BCUT2D eigenvalue weighted by atomic mass is 10.2. The van der Waals surface area contributed by atoms with Crippen molar-refractivity contribution in [2.45, 2.75) is 105 Å². The van der Waals surface area contributed by atoms with E-state index in [1.807, 2.05) is 0 Å². The van der Waals surface area contributed by atoms with Gasteiger partial charge in [-0.25, -0.2) is 0 Å². The van der Waals surface area contributed by atoms with E-state index in [0.717, 1.165) is 0 Å². The number of carboxylic acid groups (broad SMARTS) is 1. The molecular weight excluding hydrogens is 616 g/mol. The van der Waals surface area contributed by atoms with Crippen molar-refractivity contribution in [2.24, 2.45) is 0 Å². The molecule has 0 rings (SSSR count). The van der Waals surface area contributed by atoms with Gasteiger partial charge in [0.2, 0.25) is 5.91 Å². The van der Waals surface area contributed by atoms with E-state index >= 15 is 0 Å². The zero-order valence-electron chi connectivity index (χ0n) is 30.4. The number of carbonyl (C=O) groups is 6. The van der Waals surface area contributed by atoms with Crippen LogP contribution in [-0.2, 0) is 47.7 Å². The van der Waals surface area contributed by atoms with Crippen LogP contribution in [0.3, 0.4) is 0 Å². The minimum atomic E-state index is -1.22. The fourth-order valence-corrected chi connectivity index (χ4v) is 3.92. The Morgan fingerprint density at radius 3 is 0.957 bits per heavy atom. The molecule has 0 aromatic heterocycles. The molecule has 0 fully saturated rings. The summed E-state index contributed by atoms with van der Waals surface area (Å²) >= 11 is 0. The highest BCUT2D eigenvalue weighted by Gasteiger charge is 2.26. The molecule has 0 bridgehead atoms. The number of aliphatic carboxylic acids is 1. The predicted octanol–water partition coefficient (Wildman–Crippen LogP) is 1.46. The van der Waals surface area contributed by atoms with Crippen molar-refractivity contribution in [3.63, 3.8) is 0 Å². The van der Waals surface area contributed by atoms with Crippen molar-refractivity contribution in [1.82, 2.24) is 20.0 Å². The highest BCUT2D eigenvalue weighted by molar-refractivity contribution is 5.82. The SMILES string of the molecule is CC(C)(C)OC(=O)CN(CCN(CCN(CC(=O)OC(C)(C)C)CC(=O)OC(C)(C)C)CC(=O)NCC(=O)O)CC(=O)OC(C)(C)C. The van der Waals surface area contributed by atoms with E-state index in [1.165, 1.54) is 9.80 Å². The number of amides is 1. The lowest BCUT2D eigenvalue weighted by Crippen LogP contribution is -2.48. The number of carbonyl (C=O) groups excluding carboxylic acids is 5. The Bertz CT molecular complexity index is 939. The van der Waals surface area contributed by atoms with Crippen LogP contribution in [0.4, 0.5) is 0 Å². The first kappa shape index (κ1) is 43.7. The molecule has 15 nitrogen and oxygen atoms in total. The third-order valence-corrected chi connectivity index (χ3v) is 5.36. The van der Waals surface area contributed by atoms with Crippen LogP contribution >= 0.6 is 0 Å². The summed E-state index contributed by atoms with van der Waals surface area (Å²) in [7, 11) is 0. The first-order valence-electron chi connectivity index (χ1n) is 15.7. The third-order valence-electron chi connectivity index (χ3n) is 5.36. The summed E-state index contributed by atoms with van der Waals surface area (Å²) in [5, 5.41) is 11.3. The molecule has 0 aliphatic rings. The molecule has 0 atom stereocenters. The van der Waals surface area contributed by atoms with Crippen LogP contribution in [0.15, 0.2) is 0 Å². The van der Waals surface area contributed by atoms with E-state index in [2.05, 4.69) is 5.32 Å². The average molecular weight is 675 g/mol. The van der Waals surface area contributed by atoms with Crippen molar-refractivity contribution in [3.05, 3.63) is 0 Å². The van der Waals surface area contributed by atoms with E-state index < -0.39 is 64.7 Å². The average Bonchev–Trinajstić information content (AvgIpc) is 2.79. The normalized spacial score (nSPS) is 12.6. The predicted molar refractivity (Wildman–Crippen MR) is 173 cm³/mol. The van der Waals surface area contributed by atoms with E-state index in [1.54, 1.807) is 88.0 Å². The molecule has 0 aromatic rings. The van der Waals surface area contributed by atoms with Gasteiger partial charge in [-0.1, -0.05) is 0 Å². The van der Waals surface area contributed by atoms with Gasteiger partial charge in [0.05, 0.1) is 32.7 Å². The number of ether oxygens (including phenoxy) is 4. The highest BCUT2D eigenvalue weighted by atomic mass is 16.6. The molecule has 272 valence electrons. The fourth-order valence-electron chi connectivity index (χ4n) is 3.92. The Hall–Kier alpha value is -3.30. The first-order valence-corrected chi connectivity index (χ1v) is 15.7. The molecule has 1 amide bonds. The molecule has 0 saturated heterocycles. The van der Waals surface area contributed by atoms with Crippen LogP contribution in [0.25, 0.3) is 0 Å². The molecule has 0 aromatic carbocycles. The number of rotatable bonds is 18. The van der Waals surface area contributed by atoms with Gasteiger partial charge in [0, 0.05) is 26.2 Å². The molecule has 0 unspecified atom stereocenters. The quantitative estimate of drug-likeness (QED) is 0.157. The maximum absolute atomic E-state index is 12.7. The molecular formula is C32H58N4O11. The summed E-state index contributed by atoms with van der Waals surface area (Å²) in [6, 6.07) is 0. The monoisotopic (exact) mass is 674 g/mol. The lowest BCUT2D eigenvalue weighted by molar-refractivity contribution is -0.162. The van der Waals surface area contributed by atoms with Crippen molar-refractivity contribution in [2.75, 3.05) is 65.4 Å². The van der Waals surface area contributed by atoms with E-state index in [0.29, 0.717) is 0 Å². The molecule has 0 radical (unpaired) electrons. The number of carboxylic acids is 1. The fraction of sp³-hybridized carbons (Fsp3) is 0.812. The van der Waals surface area contributed by atoms with E-state index in [4.69, 9.17) is 24.1 Å². The summed E-state index contributed by atoms with van der Waals surface area (Å²) < 4.78 is 21.8. The Balaban J connectivity index is 6.04. The zero-order valence-corrected chi connectivity index (χ0v) is 30.4. The van der Waals surface area contributed by atoms with Crippen LogP contribution in [0, 0.1) is 0 Å². The Labute approximate surface area is 279 Å². The van der Waals surface area contributed by atoms with Crippen LogP contribution < -0.4 is 5.32 Å². The third kappa shape index (κ3) is 26.5. The van der Waals surface area contributed by atoms with Crippen molar-refractivity contribution < 1.29 is 52.8 Å². The molecule has 0 saturated carbocycles. The molecule has 0 aliphatic heterocycles.